The van der Waals surface area contributed by atoms with E-state index in [0.29, 0.717) is 11.6 Å². The Kier molecular flexibility index (Phi) is 3.00. The second-order valence-electron chi connectivity index (χ2n) is 6.04. The summed E-state index contributed by atoms with van der Waals surface area (Å²) in [6.07, 6.45) is 0.906. The van der Waals surface area contributed by atoms with Crippen LogP contribution in [0.3, 0.4) is 0 Å². The number of aromatic nitrogens is 1. The lowest BCUT2D eigenvalue weighted by Crippen LogP contribution is -2.37. The summed E-state index contributed by atoms with van der Waals surface area (Å²) >= 11 is 0. The number of carbonyl (C=O) groups excluding carboxylic acids is 1. The lowest BCUT2D eigenvalue weighted by molar-refractivity contribution is 0.0930. The monoisotopic (exact) mass is 290 g/mol. The zero-order valence-electron chi connectivity index (χ0n) is 12.5. The van der Waals surface area contributed by atoms with Crippen molar-refractivity contribution in [2.45, 2.75) is 25.3 Å². The first-order chi connectivity index (χ1) is 10.7. The fourth-order valence-electron chi connectivity index (χ4n) is 3.41. The van der Waals surface area contributed by atoms with Crippen LogP contribution in [0, 0.1) is 0 Å². The average Bonchev–Trinajstić information content (AvgIpc) is 3.10. The minimum Gasteiger partial charge on any atom is -0.351 e. The molecule has 0 bridgehead atoms. The van der Waals surface area contributed by atoms with Crippen LogP contribution in [0.2, 0.25) is 0 Å². The summed E-state index contributed by atoms with van der Waals surface area (Å²) in [6.45, 7) is 2.18. The molecule has 0 fully saturated rings. The molecule has 0 saturated heterocycles. The van der Waals surface area contributed by atoms with Gasteiger partial charge < -0.3 is 10.3 Å². The molecule has 1 amide bonds. The molecule has 0 aliphatic heterocycles. The fourth-order valence-corrected chi connectivity index (χ4v) is 3.41. The normalized spacial score (nSPS) is 20.0. The molecular formula is C19H18N2O. The largest absolute Gasteiger partial charge is 0.351 e. The maximum Gasteiger partial charge on any atom is 0.267 e. The highest BCUT2D eigenvalue weighted by atomic mass is 16.1. The van der Waals surface area contributed by atoms with E-state index >= 15 is 0 Å². The molecule has 3 heteroatoms. The van der Waals surface area contributed by atoms with Gasteiger partial charge in [-0.2, -0.15) is 0 Å². The van der Waals surface area contributed by atoms with Gasteiger partial charge in [0.05, 0.1) is 0 Å². The number of fused-ring (bicyclic) bond motifs is 2. The van der Waals surface area contributed by atoms with Crippen molar-refractivity contribution in [3.8, 4) is 0 Å². The summed E-state index contributed by atoms with van der Waals surface area (Å²) < 4.78 is 0. The number of amides is 1. The molecule has 3 nitrogen and oxygen atoms in total. The molecule has 1 aromatic heterocycles. The minimum absolute atomic E-state index is 0.0270. The second kappa shape index (κ2) is 5.02. The Balaban J connectivity index is 1.55. The lowest BCUT2D eigenvalue weighted by atomic mass is 10.0. The van der Waals surface area contributed by atoms with E-state index in [9.17, 15) is 4.79 Å². The third-order valence-corrected chi connectivity index (χ3v) is 4.68. The van der Waals surface area contributed by atoms with Crippen molar-refractivity contribution in [2.24, 2.45) is 0 Å². The van der Waals surface area contributed by atoms with Crippen LogP contribution in [0.5, 0.6) is 0 Å². The predicted molar refractivity (Wildman–Crippen MR) is 88.1 cm³/mol. The van der Waals surface area contributed by atoms with Crippen LogP contribution in [-0.2, 0) is 6.42 Å². The Morgan fingerprint density at radius 3 is 2.73 bits per heavy atom. The van der Waals surface area contributed by atoms with E-state index in [-0.39, 0.29) is 11.9 Å². The van der Waals surface area contributed by atoms with Crippen molar-refractivity contribution in [3.05, 3.63) is 71.4 Å². The summed E-state index contributed by atoms with van der Waals surface area (Å²) in [5.74, 6) is 0.324. The van der Waals surface area contributed by atoms with Crippen LogP contribution in [-0.4, -0.2) is 16.9 Å². The van der Waals surface area contributed by atoms with Gasteiger partial charge in [-0.1, -0.05) is 49.4 Å². The van der Waals surface area contributed by atoms with Crippen molar-refractivity contribution < 1.29 is 4.79 Å². The smallest absolute Gasteiger partial charge is 0.267 e. The molecule has 1 aliphatic rings. The lowest BCUT2D eigenvalue weighted by Gasteiger charge is -2.17. The molecule has 22 heavy (non-hydrogen) atoms. The number of para-hydroxylation sites is 1. The van der Waals surface area contributed by atoms with Gasteiger partial charge in [0.1, 0.15) is 5.69 Å². The van der Waals surface area contributed by atoms with Gasteiger partial charge in [-0.05, 0) is 29.7 Å². The maximum atomic E-state index is 12.5. The van der Waals surface area contributed by atoms with Crippen LogP contribution < -0.4 is 5.32 Å². The molecule has 0 unspecified atom stereocenters. The zero-order valence-corrected chi connectivity index (χ0v) is 12.5. The van der Waals surface area contributed by atoms with E-state index in [1.165, 1.54) is 11.1 Å². The topological polar surface area (TPSA) is 44.9 Å². The highest BCUT2D eigenvalue weighted by molar-refractivity contribution is 5.98. The fraction of sp³-hybridized carbons (Fsp3) is 0.211. The second-order valence-corrected chi connectivity index (χ2v) is 6.04. The highest BCUT2D eigenvalue weighted by Gasteiger charge is 2.30. The van der Waals surface area contributed by atoms with Gasteiger partial charge in [-0.3, -0.25) is 4.79 Å². The Bertz CT molecular complexity index is 816. The Labute approximate surface area is 129 Å². The van der Waals surface area contributed by atoms with Gasteiger partial charge in [-0.15, -0.1) is 0 Å². The Morgan fingerprint density at radius 1 is 1.14 bits per heavy atom. The van der Waals surface area contributed by atoms with E-state index in [1.807, 2.05) is 30.3 Å². The molecule has 1 heterocycles. The van der Waals surface area contributed by atoms with E-state index < -0.39 is 0 Å². The van der Waals surface area contributed by atoms with Crippen molar-refractivity contribution in [3.63, 3.8) is 0 Å². The van der Waals surface area contributed by atoms with Crippen LogP contribution in [0.25, 0.3) is 10.9 Å². The average molecular weight is 290 g/mol. The van der Waals surface area contributed by atoms with E-state index in [1.54, 1.807) is 0 Å². The molecule has 2 atom stereocenters. The van der Waals surface area contributed by atoms with E-state index in [2.05, 4.69) is 41.5 Å². The van der Waals surface area contributed by atoms with Gasteiger partial charge in [-0.25, -0.2) is 0 Å². The van der Waals surface area contributed by atoms with Gasteiger partial charge in [0.15, 0.2) is 0 Å². The van der Waals surface area contributed by atoms with Crippen LogP contribution >= 0.6 is 0 Å². The highest BCUT2D eigenvalue weighted by Crippen LogP contribution is 2.32. The first-order valence-corrected chi connectivity index (χ1v) is 7.69. The molecule has 0 spiro atoms. The third-order valence-electron chi connectivity index (χ3n) is 4.68. The zero-order chi connectivity index (χ0) is 15.1. The summed E-state index contributed by atoms with van der Waals surface area (Å²) in [7, 11) is 0. The predicted octanol–water partition coefficient (Wildman–Crippen LogP) is 3.63. The Hall–Kier alpha value is -2.55. The molecule has 0 saturated carbocycles. The summed E-state index contributed by atoms with van der Waals surface area (Å²) in [5.41, 5.74) is 4.32. The minimum atomic E-state index is -0.0270. The number of nitrogens with one attached hydrogen (secondary N) is 2. The molecular weight excluding hydrogens is 272 g/mol. The molecule has 2 N–H and O–H groups in total. The number of benzene rings is 2. The molecule has 110 valence electrons. The SMILES string of the molecule is C[C@@H]1c2ccccc2C[C@H]1NC(=O)c1cc2ccccc2[nH]1. The molecule has 3 aromatic rings. The van der Waals surface area contributed by atoms with Crippen LogP contribution in [0.15, 0.2) is 54.6 Å². The maximum absolute atomic E-state index is 12.5. The summed E-state index contributed by atoms with van der Waals surface area (Å²) in [6, 6.07) is 18.5. The summed E-state index contributed by atoms with van der Waals surface area (Å²) in [5, 5.41) is 4.25. The molecule has 4 rings (SSSR count). The van der Waals surface area contributed by atoms with Crippen molar-refractivity contribution in [1.29, 1.82) is 0 Å². The molecule has 2 aromatic carbocycles. The number of hydrogen-bond acceptors (Lipinski definition) is 1. The first kappa shape index (κ1) is 13.1. The van der Waals surface area contributed by atoms with Crippen LogP contribution in [0.4, 0.5) is 0 Å². The quantitative estimate of drug-likeness (QED) is 0.744. The first-order valence-electron chi connectivity index (χ1n) is 7.69. The van der Waals surface area contributed by atoms with Gasteiger partial charge in [0.25, 0.3) is 5.91 Å². The molecule has 0 radical (unpaired) electrons. The van der Waals surface area contributed by atoms with Gasteiger partial charge in [0.2, 0.25) is 0 Å². The van der Waals surface area contributed by atoms with Crippen molar-refractivity contribution in [2.75, 3.05) is 0 Å². The number of hydrogen-bond donors (Lipinski definition) is 2. The number of H-pyrrole nitrogens is 1. The third kappa shape index (κ3) is 2.10. The van der Waals surface area contributed by atoms with Crippen molar-refractivity contribution in [1.82, 2.24) is 10.3 Å². The van der Waals surface area contributed by atoms with Crippen molar-refractivity contribution >= 4 is 16.8 Å². The van der Waals surface area contributed by atoms with E-state index in [4.69, 9.17) is 0 Å². The number of rotatable bonds is 2. The molecule has 1 aliphatic carbocycles. The van der Waals surface area contributed by atoms with Crippen LogP contribution in [0.1, 0.15) is 34.5 Å². The Morgan fingerprint density at radius 2 is 1.91 bits per heavy atom. The van der Waals surface area contributed by atoms with E-state index in [0.717, 1.165) is 17.3 Å². The van der Waals surface area contributed by atoms with Gasteiger partial charge >= 0.3 is 0 Å². The van der Waals surface area contributed by atoms with Gasteiger partial charge in [0, 0.05) is 22.9 Å². The number of carbonyl (C=O) groups is 1. The standard InChI is InChI=1S/C19H18N2O/c1-12-15-8-4-2-6-13(15)10-17(12)21-19(22)18-11-14-7-3-5-9-16(14)20-18/h2-9,11-12,17,20H,10H2,1H3,(H,21,22)/t12-,17-/m1/s1. The summed E-state index contributed by atoms with van der Waals surface area (Å²) in [4.78, 5) is 15.7. The number of aromatic amines is 1.